The van der Waals surface area contributed by atoms with E-state index in [1.807, 2.05) is 0 Å². The van der Waals surface area contributed by atoms with Crippen molar-refractivity contribution in [3.8, 4) is 11.5 Å². The highest BCUT2D eigenvalue weighted by molar-refractivity contribution is 5.45. The molecule has 0 radical (unpaired) electrons. The molecule has 1 heterocycles. The maximum absolute atomic E-state index is 12.9. The minimum atomic E-state index is -4.76. The molecule has 4 nitrogen and oxygen atoms in total. The monoisotopic (exact) mass is 263 g/mol. The number of fused-ring (bicyclic) bond motifs is 1. The van der Waals surface area contributed by atoms with Crippen LogP contribution in [0.1, 0.15) is 5.56 Å². The maximum Gasteiger partial charge on any atom is 0.507 e. The number of aliphatic imine (C=N–C) groups is 1. The Morgan fingerprint density at radius 2 is 1.72 bits per heavy atom. The van der Waals surface area contributed by atoms with E-state index >= 15 is 0 Å². The maximum atomic E-state index is 12.9. The van der Waals surface area contributed by atoms with Gasteiger partial charge in [0.05, 0.1) is 6.54 Å². The molecule has 0 amide bonds. The van der Waals surface area contributed by atoms with E-state index in [1.54, 1.807) is 0 Å². The second-order valence-electron chi connectivity index (χ2n) is 3.43. The molecule has 1 aromatic rings. The van der Waals surface area contributed by atoms with E-state index in [2.05, 4.69) is 14.5 Å². The molecule has 1 aromatic carbocycles. The number of alkyl halides is 4. The first-order valence-electron chi connectivity index (χ1n) is 4.66. The Balaban J connectivity index is 2.36. The number of hydrogen-bond acceptors (Lipinski definition) is 4. The van der Waals surface area contributed by atoms with Crippen LogP contribution in [0.3, 0.4) is 0 Å². The van der Waals surface area contributed by atoms with Crippen molar-refractivity contribution in [2.75, 3.05) is 0 Å². The fourth-order valence-electron chi connectivity index (χ4n) is 1.33. The summed E-state index contributed by atoms with van der Waals surface area (Å²) >= 11 is 0. The van der Waals surface area contributed by atoms with Crippen molar-refractivity contribution >= 4 is 6.08 Å². The van der Waals surface area contributed by atoms with Gasteiger partial charge in [-0.05, 0) is 17.7 Å². The first-order chi connectivity index (χ1) is 8.36. The number of carbonyl (C=O) groups excluding carboxylic acids is 1. The van der Waals surface area contributed by atoms with Crippen LogP contribution < -0.4 is 9.47 Å². The normalized spacial score (nSPS) is 18.9. The minimum Gasteiger partial charge on any atom is -0.421 e. The van der Waals surface area contributed by atoms with Crippen molar-refractivity contribution in [2.24, 2.45) is 4.99 Å². The molecular weight excluding hydrogens is 258 g/mol. The fourth-order valence-corrected chi connectivity index (χ4v) is 1.33. The van der Waals surface area contributed by atoms with Crippen molar-refractivity contribution in [2.45, 2.75) is 18.8 Å². The van der Waals surface area contributed by atoms with E-state index in [0.717, 1.165) is 12.1 Å². The van der Waals surface area contributed by atoms with Crippen LogP contribution in [0.15, 0.2) is 23.2 Å². The predicted octanol–water partition coefficient (Wildman–Crippen LogP) is 2.48. The number of ether oxygens (including phenoxy) is 2. The van der Waals surface area contributed by atoms with Crippen molar-refractivity contribution in [1.29, 1.82) is 0 Å². The van der Waals surface area contributed by atoms with Gasteiger partial charge in [0.25, 0.3) is 0 Å². The lowest BCUT2D eigenvalue weighted by atomic mass is 10.2. The standard InChI is InChI=1S/C10H5F4NO3/c11-9(12)10(13,14)18-8-3-6(4-15-5-16)1-2-7(8)17-9/h1-3H,4H2. The van der Waals surface area contributed by atoms with E-state index in [4.69, 9.17) is 0 Å². The highest BCUT2D eigenvalue weighted by Crippen LogP contribution is 2.46. The number of isocyanates is 1. The lowest BCUT2D eigenvalue weighted by molar-refractivity contribution is -0.391. The van der Waals surface area contributed by atoms with E-state index in [1.165, 1.54) is 12.1 Å². The molecule has 0 spiro atoms. The van der Waals surface area contributed by atoms with Crippen LogP contribution in [0.5, 0.6) is 11.5 Å². The zero-order valence-electron chi connectivity index (χ0n) is 8.62. The topological polar surface area (TPSA) is 47.9 Å². The Morgan fingerprint density at radius 1 is 1.11 bits per heavy atom. The molecule has 18 heavy (non-hydrogen) atoms. The summed E-state index contributed by atoms with van der Waals surface area (Å²) < 4.78 is 59.1. The minimum absolute atomic E-state index is 0.123. The molecule has 1 aliphatic heterocycles. The summed E-state index contributed by atoms with van der Waals surface area (Å²) in [5.74, 6) is -1.05. The lowest BCUT2D eigenvalue weighted by Crippen LogP contribution is -2.52. The van der Waals surface area contributed by atoms with Crippen molar-refractivity contribution < 1.29 is 31.8 Å². The van der Waals surface area contributed by atoms with Gasteiger partial charge in [0.15, 0.2) is 11.5 Å². The average Bonchev–Trinajstić information content (AvgIpc) is 2.27. The average molecular weight is 263 g/mol. The van der Waals surface area contributed by atoms with Gasteiger partial charge in [-0.15, -0.1) is 0 Å². The SMILES string of the molecule is O=C=NCc1ccc2c(c1)OC(F)(F)C(F)(F)O2. The molecule has 1 aliphatic rings. The van der Waals surface area contributed by atoms with Gasteiger partial charge in [-0.25, -0.2) is 9.79 Å². The molecule has 0 fully saturated rings. The number of rotatable bonds is 2. The third-order valence-electron chi connectivity index (χ3n) is 2.15. The molecule has 0 aromatic heterocycles. The summed E-state index contributed by atoms with van der Waals surface area (Å²) in [6.07, 6.45) is -8.23. The van der Waals surface area contributed by atoms with Gasteiger partial charge in [-0.3, -0.25) is 0 Å². The molecule has 8 heteroatoms. The Bertz CT molecular complexity index is 526. The summed E-state index contributed by atoms with van der Waals surface area (Å²) in [6.45, 7) is -0.123. The first-order valence-corrected chi connectivity index (χ1v) is 4.66. The predicted molar refractivity (Wildman–Crippen MR) is 49.4 cm³/mol. The van der Waals surface area contributed by atoms with E-state index < -0.39 is 23.7 Å². The van der Waals surface area contributed by atoms with Crippen molar-refractivity contribution in [3.05, 3.63) is 23.8 Å². The molecule has 0 atom stereocenters. The molecule has 0 bridgehead atoms. The summed E-state index contributed by atoms with van der Waals surface area (Å²) in [7, 11) is 0. The Kier molecular flexibility index (Phi) is 2.74. The number of benzene rings is 1. The summed E-state index contributed by atoms with van der Waals surface area (Å²) in [4.78, 5) is 13.1. The Labute approximate surface area is 97.8 Å². The van der Waals surface area contributed by atoms with Crippen LogP contribution in [0, 0.1) is 0 Å². The lowest BCUT2D eigenvalue weighted by Gasteiger charge is -2.31. The summed E-state index contributed by atoms with van der Waals surface area (Å²) in [6, 6.07) is 3.37. The molecule has 0 aliphatic carbocycles. The highest BCUT2D eigenvalue weighted by atomic mass is 19.3. The van der Waals surface area contributed by atoms with Gasteiger partial charge >= 0.3 is 12.2 Å². The van der Waals surface area contributed by atoms with Gasteiger partial charge < -0.3 is 9.47 Å². The molecule has 96 valence electrons. The van der Waals surface area contributed by atoms with Crippen LogP contribution in [0.2, 0.25) is 0 Å². The molecule has 0 unspecified atom stereocenters. The van der Waals surface area contributed by atoms with E-state index in [0.29, 0.717) is 5.56 Å². The largest absolute Gasteiger partial charge is 0.507 e. The number of halogens is 4. The third-order valence-corrected chi connectivity index (χ3v) is 2.15. The van der Waals surface area contributed by atoms with Gasteiger partial charge in [0.2, 0.25) is 6.08 Å². The van der Waals surface area contributed by atoms with E-state index in [-0.39, 0.29) is 6.54 Å². The number of hydrogen-bond donors (Lipinski definition) is 0. The fraction of sp³-hybridized carbons (Fsp3) is 0.300. The smallest absolute Gasteiger partial charge is 0.421 e. The Hall–Kier alpha value is -2.08. The molecule has 0 saturated heterocycles. The molecule has 0 saturated carbocycles. The summed E-state index contributed by atoms with van der Waals surface area (Å²) in [5.41, 5.74) is 0.321. The second-order valence-corrected chi connectivity index (χ2v) is 3.43. The van der Waals surface area contributed by atoms with Crippen molar-refractivity contribution in [1.82, 2.24) is 0 Å². The second kappa shape index (κ2) is 3.99. The molecule has 2 rings (SSSR count). The molecular formula is C10H5F4NO3. The third kappa shape index (κ3) is 2.02. The van der Waals surface area contributed by atoms with Crippen LogP contribution in [-0.2, 0) is 11.3 Å². The van der Waals surface area contributed by atoms with Crippen LogP contribution in [-0.4, -0.2) is 18.3 Å². The first kappa shape index (κ1) is 12.4. The highest BCUT2D eigenvalue weighted by Gasteiger charge is 2.65. The van der Waals surface area contributed by atoms with E-state index in [9.17, 15) is 22.4 Å². The quantitative estimate of drug-likeness (QED) is 0.468. The Morgan fingerprint density at radius 3 is 2.33 bits per heavy atom. The van der Waals surface area contributed by atoms with Crippen LogP contribution >= 0.6 is 0 Å². The van der Waals surface area contributed by atoms with Gasteiger partial charge in [-0.1, -0.05) is 6.07 Å². The van der Waals surface area contributed by atoms with Gasteiger partial charge in [0, 0.05) is 0 Å². The van der Waals surface area contributed by atoms with Gasteiger partial charge in [-0.2, -0.15) is 17.6 Å². The zero-order valence-corrected chi connectivity index (χ0v) is 8.62. The number of nitrogens with zero attached hydrogens (tertiary/aromatic N) is 1. The summed E-state index contributed by atoms with van der Waals surface area (Å²) in [5, 5.41) is 0. The zero-order chi connectivity index (χ0) is 13.4. The van der Waals surface area contributed by atoms with Gasteiger partial charge in [0.1, 0.15) is 0 Å². The molecule has 0 N–H and O–H groups in total. The van der Waals surface area contributed by atoms with Crippen LogP contribution in [0.4, 0.5) is 17.6 Å². The van der Waals surface area contributed by atoms with Crippen LogP contribution in [0.25, 0.3) is 0 Å². The van der Waals surface area contributed by atoms with Crippen molar-refractivity contribution in [3.63, 3.8) is 0 Å².